The van der Waals surface area contributed by atoms with Crippen LogP contribution < -0.4 is 5.43 Å². The largest absolute Gasteiger partial charge is 0.622 e. The highest BCUT2D eigenvalue weighted by Gasteiger charge is 2.61. The molecule has 0 saturated carbocycles. The zero-order valence-corrected chi connectivity index (χ0v) is 19.0. The van der Waals surface area contributed by atoms with Crippen LogP contribution in [-0.4, -0.2) is 37.6 Å². The van der Waals surface area contributed by atoms with Crippen molar-refractivity contribution in [3.63, 3.8) is 0 Å². The number of halogens is 4. The topological polar surface area (TPSA) is 73.9 Å². The third-order valence-electron chi connectivity index (χ3n) is 5.78. The highest BCUT2D eigenvalue weighted by atomic mass is 35.5. The van der Waals surface area contributed by atoms with E-state index in [9.17, 15) is 23.6 Å². The smallest absolute Gasteiger partial charge is 0.416 e. The molecule has 0 bridgehead atoms. The van der Waals surface area contributed by atoms with Crippen LogP contribution in [0.15, 0.2) is 47.6 Å². The Kier molecular flexibility index (Phi) is 6.05. The van der Waals surface area contributed by atoms with Gasteiger partial charge in [0.05, 0.1) is 11.3 Å². The van der Waals surface area contributed by atoms with Gasteiger partial charge in [0.25, 0.3) is 5.66 Å². The van der Waals surface area contributed by atoms with Crippen molar-refractivity contribution < 1.29 is 23.1 Å². The summed E-state index contributed by atoms with van der Waals surface area (Å²) in [7, 11) is 0. The molecule has 3 rings (SSSR count). The molecule has 1 atom stereocenters. The van der Waals surface area contributed by atoms with Crippen molar-refractivity contribution in [3.05, 3.63) is 69.4 Å². The fourth-order valence-corrected chi connectivity index (χ4v) is 3.90. The van der Waals surface area contributed by atoms with E-state index < -0.39 is 22.9 Å². The molecular formula is C22H24ClF3N4O2. The summed E-state index contributed by atoms with van der Waals surface area (Å²) >= 11 is 6.11. The van der Waals surface area contributed by atoms with E-state index >= 15 is 0 Å². The van der Waals surface area contributed by atoms with Gasteiger partial charge in [-0.15, -0.1) is 5.06 Å². The molecule has 0 amide bonds. The van der Waals surface area contributed by atoms with E-state index in [-0.39, 0.29) is 11.4 Å². The summed E-state index contributed by atoms with van der Waals surface area (Å²) in [5.41, 5.74) is 0.943. The minimum Gasteiger partial charge on any atom is -0.622 e. The summed E-state index contributed by atoms with van der Waals surface area (Å²) in [6.07, 6.45) is -4.49. The van der Waals surface area contributed by atoms with Gasteiger partial charge in [-0.05, 0) is 69.7 Å². The molecule has 2 N–H and O–H groups in total. The maximum atomic E-state index is 13.5. The van der Waals surface area contributed by atoms with Crippen LogP contribution in [0, 0.1) is 12.1 Å². The van der Waals surface area contributed by atoms with Crippen LogP contribution in [0.2, 0.25) is 5.02 Å². The third-order valence-corrected chi connectivity index (χ3v) is 6.20. The number of hydroxylamine groups is 3. The van der Waals surface area contributed by atoms with E-state index in [0.29, 0.717) is 21.0 Å². The molecule has 2 aromatic rings. The van der Waals surface area contributed by atoms with Crippen molar-refractivity contribution in [1.29, 1.82) is 0 Å². The summed E-state index contributed by atoms with van der Waals surface area (Å²) in [4.78, 5) is 0. The molecule has 32 heavy (non-hydrogen) atoms. The van der Waals surface area contributed by atoms with E-state index in [2.05, 4.69) is 10.5 Å². The van der Waals surface area contributed by atoms with Crippen LogP contribution >= 0.6 is 11.6 Å². The van der Waals surface area contributed by atoms with Crippen molar-refractivity contribution in [3.8, 4) is 0 Å². The van der Waals surface area contributed by atoms with Crippen LogP contribution in [0.3, 0.4) is 0 Å². The van der Waals surface area contributed by atoms with E-state index in [1.165, 1.54) is 26.0 Å². The zero-order valence-electron chi connectivity index (χ0n) is 18.3. The van der Waals surface area contributed by atoms with Gasteiger partial charge < -0.3 is 10.4 Å². The standard InChI is InChI=1S/C22H24ClF3N4O2/c1-13-11-15(9-10-18(13)23)19-20(3,4)30(32)21(5,29(19)31)14(2)27-28-17-8-6-7-16(12-17)22(24,25)26/h6-12,28,32H,1-5H3/b27-14+. The Morgan fingerprint density at radius 3 is 2.44 bits per heavy atom. The maximum Gasteiger partial charge on any atom is 0.416 e. The first kappa shape index (κ1) is 24.0. The Hall–Kier alpha value is -2.62. The summed E-state index contributed by atoms with van der Waals surface area (Å²) in [5.74, 6) is 0. The van der Waals surface area contributed by atoms with E-state index in [1.807, 2.05) is 6.92 Å². The van der Waals surface area contributed by atoms with Gasteiger partial charge in [0.2, 0.25) is 5.71 Å². The average molecular weight is 469 g/mol. The van der Waals surface area contributed by atoms with Crippen LogP contribution in [-0.2, 0) is 6.18 Å². The minimum atomic E-state index is -4.49. The number of aryl methyl sites for hydroxylation is 1. The van der Waals surface area contributed by atoms with Crippen LogP contribution in [0.4, 0.5) is 18.9 Å². The molecule has 0 aromatic heterocycles. The second kappa shape index (κ2) is 8.06. The SMILES string of the molecule is C/C(=N\Nc1cccc(C(F)(F)F)c1)C1(C)N(O)C(C)(C)C(c2ccc(Cl)c(C)c2)=[N+]1[O-]. The highest BCUT2D eigenvalue weighted by molar-refractivity contribution is 6.31. The molecule has 0 fully saturated rings. The van der Waals surface area contributed by atoms with Gasteiger partial charge in [0, 0.05) is 17.5 Å². The Balaban J connectivity index is 2.02. The Labute approximate surface area is 189 Å². The van der Waals surface area contributed by atoms with Crippen LogP contribution in [0.1, 0.15) is 44.4 Å². The number of rotatable bonds is 4. The van der Waals surface area contributed by atoms with Crippen molar-refractivity contribution in [2.75, 3.05) is 5.43 Å². The number of hydrogen-bond acceptors (Lipinski definition) is 5. The first-order valence-corrected chi connectivity index (χ1v) is 10.2. The van der Waals surface area contributed by atoms with E-state index in [1.54, 1.807) is 32.0 Å². The molecule has 1 unspecified atom stereocenters. The molecule has 1 heterocycles. The van der Waals surface area contributed by atoms with Crippen LogP contribution in [0.25, 0.3) is 0 Å². The second-order valence-corrected chi connectivity index (χ2v) is 8.79. The molecule has 2 aromatic carbocycles. The van der Waals surface area contributed by atoms with E-state index in [4.69, 9.17) is 11.6 Å². The highest BCUT2D eigenvalue weighted by Crippen LogP contribution is 2.37. The Bertz CT molecular complexity index is 1110. The molecule has 6 nitrogen and oxygen atoms in total. The van der Waals surface area contributed by atoms with Crippen LogP contribution in [0.5, 0.6) is 0 Å². The summed E-state index contributed by atoms with van der Waals surface area (Å²) in [6, 6.07) is 9.68. The fraction of sp³-hybridized carbons (Fsp3) is 0.364. The zero-order chi connectivity index (χ0) is 24.1. The predicted octanol–water partition coefficient (Wildman–Crippen LogP) is 5.65. The summed E-state index contributed by atoms with van der Waals surface area (Å²) in [6.45, 7) is 8.20. The number of anilines is 1. The normalized spacial score (nSPS) is 21.9. The van der Waals surface area contributed by atoms with Gasteiger partial charge in [-0.25, -0.2) is 0 Å². The van der Waals surface area contributed by atoms with Crippen molar-refractivity contribution >= 4 is 28.7 Å². The number of nitrogens with zero attached hydrogens (tertiary/aromatic N) is 3. The molecule has 0 saturated heterocycles. The van der Waals surface area contributed by atoms with Crippen molar-refractivity contribution in [1.82, 2.24) is 5.06 Å². The third kappa shape index (κ3) is 3.96. The minimum absolute atomic E-state index is 0.0968. The van der Waals surface area contributed by atoms with Gasteiger partial charge in [-0.3, -0.25) is 5.43 Å². The second-order valence-electron chi connectivity index (χ2n) is 8.39. The molecule has 0 aliphatic carbocycles. The lowest BCUT2D eigenvalue weighted by Crippen LogP contribution is -2.57. The Morgan fingerprint density at radius 2 is 1.84 bits per heavy atom. The summed E-state index contributed by atoms with van der Waals surface area (Å²) < 4.78 is 39.5. The fourth-order valence-electron chi connectivity index (χ4n) is 3.78. The molecule has 10 heteroatoms. The maximum absolute atomic E-state index is 13.5. The predicted molar refractivity (Wildman–Crippen MR) is 118 cm³/mol. The number of nitrogens with one attached hydrogen (secondary N) is 1. The summed E-state index contributed by atoms with van der Waals surface area (Å²) in [5, 5.41) is 30.1. The monoisotopic (exact) mass is 468 g/mol. The average Bonchev–Trinajstić information content (AvgIpc) is 2.85. The van der Waals surface area contributed by atoms with Crippen molar-refractivity contribution in [2.45, 2.75) is 52.0 Å². The molecule has 1 aliphatic rings. The van der Waals surface area contributed by atoms with Gasteiger partial charge in [0.15, 0.2) is 0 Å². The molecule has 0 radical (unpaired) electrons. The number of alkyl halides is 3. The molecule has 172 valence electrons. The lowest BCUT2D eigenvalue weighted by atomic mass is 9.91. The lowest BCUT2D eigenvalue weighted by Gasteiger charge is -2.32. The van der Waals surface area contributed by atoms with Gasteiger partial charge in [-0.2, -0.15) is 23.0 Å². The molecule has 0 spiro atoms. The van der Waals surface area contributed by atoms with Gasteiger partial charge >= 0.3 is 6.18 Å². The van der Waals surface area contributed by atoms with Gasteiger partial charge in [0.1, 0.15) is 11.3 Å². The number of hydrogen-bond donors (Lipinski definition) is 2. The quantitative estimate of drug-likeness (QED) is 0.263. The first-order valence-electron chi connectivity index (χ1n) is 9.79. The molecular weight excluding hydrogens is 445 g/mol. The Morgan fingerprint density at radius 1 is 1.19 bits per heavy atom. The lowest BCUT2D eigenvalue weighted by molar-refractivity contribution is -0.560. The van der Waals surface area contributed by atoms with Crippen molar-refractivity contribution in [2.24, 2.45) is 5.10 Å². The molecule has 1 aliphatic heterocycles. The van der Waals surface area contributed by atoms with Gasteiger partial charge in [-0.1, -0.05) is 17.7 Å². The van der Waals surface area contributed by atoms with E-state index in [0.717, 1.165) is 22.8 Å². The number of hydrazone groups is 1. The number of benzene rings is 2. The first-order chi connectivity index (χ1) is 14.7.